The minimum Gasteiger partial charge on any atom is -0.398 e. The van der Waals surface area contributed by atoms with E-state index in [1.165, 1.54) is 0 Å². The molecule has 2 N–H and O–H groups in total. The normalized spacial score (nSPS) is 15.7. The van der Waals surface area contributed by atoms with E-state index in [0.29, 0.717) is 45.0 Å². The summed E-state index contributed by atoms with van der Waals surface area (Å²) >= 11 is 0. The predicted octanol–water partition coefficient (Wildman–Crippen LogP) is 0.867. The third-order valence-electron chi connectivity index (χ3n) is 3.62. The van der Waals surface area contributed by atoms with Crippen LogP contribution in [0.3, 0.4) is 0 Å². The molecular weight excluding hydrogens is 256 g/mol. The highest BCUT2D eigenvalue weighted by Gasteiger charge is 2.17. The third-order valence-corrected chi connectivity index (χ3v) is 3.62. The molecule has 0 bridgehead atoms. The van der Waals surface area contributed by atoms with Gasteiger partial charge in [-0.3, -0.25) is 9.48 Å². The zero-order valence-electron chi connectivity index (χ0n) is 11.3. The number of nitrogens with two attached hydrogens (primary N) is 1. The standard InChI is InChI=1S/C14H18N4O2/c15-12-2-1-3-13-11(12)10-16-18(13)5-4-14(19)17-6-8-20-9-7-17/h1-3,10H,4-9,15H2. The van der Waals surface area contributed by atoms with Crippen LogP contribution in [0.4, 0.5) is 5.69 Å². The van der Waals surface area contributed by atoms with Gasteiger partial charge in [0.15, 0.2) is 0 Å². The number of anilines is 1. The van der Waals surface area contributed by atoms with E-state index < -0.39 is 0 Å². The van der Waals surface area contributed by atoms with Crippen LogP contribution in [0.5, 0.6) is 0 Å². The smallest absolute Gasteiger partial charge is 0.224 e. The van der Waals surface area contributed by atoms with Crippen molar-refractivity contribution in [2.24, 2.45) is 0 Å². The first-order valence-corrected chi connectivity index (χ1v) is 6.81. The molecule has 1 amide bonds. The summed E-state index contributed by atoms with van der Waals surface area (Å²) in [7, 11) is 0. The van der Waals surface area contributed by atoms with Gasteiger partial charge in [-0.15, -0.1) is 0 Å². The molecule has 1 aromatic carbocycles. The highest BCUT2D eigenvalue weighted by Crippen LogP contribution is 2.20. The maximum absolute atomic E-state index is 12.1. The first kappa shape index (κ1) is 12.9. The highest BCUT2D eigenvalue weighted by molar-refractivity contribution is 5.90. The van der Waals surface area contributed by atoms with E-state index >= 15 is 0 Å². The summed E-state index contributed by atoms with van der Waals surface area (Å²) in [4.78, 5) is 14.0. The molecule has 0 spiro atoms. The second-order valence-electron chi connectivity index (χ2n) is 4.89. The van der Waals surface area contributed by atoms with Gasteiger partial charge >= 0.3 is 0 Å². The van der Waals surface area contributed by atoms with E-state index in [4.69, 9.17) is 10.5 Å². The summed E-state index contributed by atoms with van der Waals surface area (Å²) in [6.45, 7) is 3.21. The number of carbonyl (C=O) groups is 1. The number of amides is 1. The maximum atomic E-state index is 12.1. The molecule has 1 aliphatic heterocycles. The van der Waals surface area contributed by atoms with E-state index in [1.54, 1.807) is 6.20 Å². The van der Waals surface area contributed by atoms with Crippen LogP contribution < -0.4 is 5.73 Å². The monoisotopic (exact) mass is 274 g/mol. The zero-order valence-corrected chi connectivity index (χ0v) is 11.3. The molecule has 0 atom stereocenters. The number of ether oxygens (including phenoxy) is 1. The van der Waals surface area contributed by atoms with Gasteiger partial charge in [-0.05, 0) is 12.1 Å². The molecule has 2 heterocycles. The van der Waals surface area contributed by atoms with E-state index in [2.05, 4.69) is 5.10 Å². The van der Waals surface area contributed by atoms with Crippen molar-refractivity contribution in [3.63, 3.8) is 0 Å². The molecule has 0 aliphatic carbocycles. The molecule has 6 heteroatoms. The molecule has 20 heavy (non-hydrogen) atoms. The fourth-order valence-electron chi connectivity index (χ4n) is 2.48. The number of rotatable bonds is 3. The van der Waals surface area contributed by atoms with Crippen LogP contribution >= 0.6 is 0 Å². The lowest BCUT2D eigenvalue weighted by atomic mass is 10.2. The average molecular weight is 274 g/mol. The largest absolute Gasteiger partial charge is 0.398 e. The summed E-state index contributed by atoms with van der Waals surface area (Å²) in [5.41, 5.74) is 7.59. The molecule has 6 nitrogen and oxygen atoms in total. The van der Waals surface area contributed by atoms with Crippen molar-refractivity contribution in [1.29, 1.82) is 0 Å². The Morgan fingerprint density at radius 3 is 2.95 bits per heavy atom. The number of nitrogen functional groups attached to an aromatic ring is 1. The fourth-order valence-corrected chi connectivity index (χ4v) is 2.48. The van der Waals surface area contributed by atoms with E-state index in [-0.39, 0.29) is 5.91 Å². The van der Waals surface area contributed by atoms with Crippen molar-refractivity contribution >= 4 is 22.5 Å². The van der Waals surface area contributed by atoms with E-state index in [1.807, 2.05) is 27.8 Å². The van der Waals surface area contributed by atoms with Gasteiger partial charge in [-0.25, -0.2) is 0 Å². The van der Waals surface area contributed by atoms with Gasteiger partial charge in [0.05, 0.1) is 31.5 Å². The minimum atomic E-state index is 0.154. The Morgan fingerprint density at radius 1 is 1.35 bits per heavy atom. The van der Waals surface area contributed by atoms with Crippen molar-refractivity contribution in [1.82, 2.24) is 14.7 Å². The molecule has 1 aliphatic rings. The number of hydrogen-bond acceptors (Lipinski definition) is 4. The van der Waals surface area contributed by atoms with Crippen molar-refractivity contribution in [2.75, 3.05) is 32.0 Å². The molecule has 0 saturated carbocycles. The van der Waals surface area contributed by atoms with Gasteiger partial charge in [0, 0.05) is 30.6 Å². The number of nitrogens with zero attached hydrogens (tertiary/aromatic N) is 3. The molecule has 0 unspecified atom stereocenters. The molecule has 3 rings (SSSR count). The van der Waals surface area contributed by atoms with Crippen LogP contribution in [0.25, 0.3) is 10.9 Å². The van der Waals surface area contributed by atoms with Gasteiger partial charge in [-0.2, -0.15) is 5.10 Å². The third kappa shape index (κ3) is 2.46. The molecule has 1 aromatic heterocycles. The van der Waals surface area contributed by atoms with Gasteiger partial charge in [0.1, 0.15) is 0 Å². The van der Waals surface area contributed by atoms with Crippen molar-refractivity contribution in [3.8, 4) is 0 Å². The first-order chi connectivity index (χ1) is 9.75. The summed E-state index contributed by atoms with van der Waals surface area (Å²) in [6, 6.07) is 5.73. The van der Waals surface area contributed by atoms with E-state index in [0.717, 1.165) is 10.9 Å². The van der Waals surface area contributed by atoms with Crippen LogP contribution in [0.15, 0.2) is 24.4 Å². The number of carbonyl (C=O) groups excluding carboxylic acids is 1. The number of benzene rings is 1. The first-order valence-electron chi connectivity index (χ1n) is 6.81. The minimum absolute atomic E-state index is 0.154. The lowest BCUT2D eigenvalue weighted by Crippen LogP contribution is -2.41. The van der Waals surface area contributed by atoms with Gasteiger partial charge in [0.2, 0.25) is 5.91 Å². The Labute approximate surface area is 117 Å². The second kappa shape index (κ2) is 5.50. The van der Waals surface area contributed by atoms with Gasteiger partial charge in [-0.1, -0.05) is 6.07 Å². The van der Waals surface area contributed by atoms with E-state index in [9.17, 15) is 4.79 Å². The number of aryl methyl sites for hydroxylation is 1. The Kier molecular flexibility index (Phi) is 3.56. The van der Waals surface area contributed by atoms with Crippen molar-refractivity contribution < 1.29 is 9.53 Å². The Bertz CT molecular complexity index is 617. The lowest BCUT2D eigenvalue weighted by molar-refractivity contribution is -0.135. The Morgan fingerprint density at radius 2 is 2.15 bits per heavy atom. The summed E-state index contributed by atoms with van der Waals surface area (Å²) in [6.07, 6.45) is 2.20. The number of hydrogen-bond donors (Lipinski definition) is 1. The fraction of sp³-hybridized carbons (Fsp3) is 0.429. The average Bonchev–Trinajstić information content (AvgIpc) is 2.90. The van der Waals surface area contributed by atoms with Gasteiger partial charge in [0.25, 0.3) is 0 Å². The second-order valence-corrected chi connectivity index (χ2v) is 4.89. The quantitative estimate of drug-likeness (QED) is 0.843. The number of fused-ring (bicyclic) bond motifs is 1. The van der Waals surface area contributed by atoms with Gasteiger partial charge < -0.3 is 15.4 Å². The van der Waals surface area contributed by atoms with Crippen molar-refractivity contribution in [3.05, 3.63) is 24.4 Å². The van der Waals surface area contributed by atoms with Crippen LogP contribution in [0.2, 0.25) is 0 Å². The number of morpholine rings is 1. The highest BCUT2D eigenvalue weighted by atomic mass is 16.5. The van der Waals surface area contributed by atoms with Crippen LogP contribution in [0, 0.1) is 0 Å². The Balaban J connectivity index is 1.67. The molecule has 1 saturated heterocycles. The predicted molar refractivity (Wildman–Crippen MR) is 76.2 cm³/mol. The molecule has 0 radical (unpaired) electrons. The molecule has 2 aromatic rings. The Hall–Kier alpha value is -2.08. The van der Waals surface area contributed by atoms with Crippen molar-refractivity contribution in [2.45, 2.75) is 13.0 Å². The number of aromatic nitrogens is 2. The van der Waals surface area contributed by atoms with Crippen LogP contribution in [0.1, 0.15) is 6.42 Å². The zero-order chi connectivity index (χ0) is 13.9. The maximum Gasteiger partial charge on any atom is 0.224 e. The molecule has 106 valence electrons. The van der Waals surface area contributed by atoms with Crippen LogP contribution in [-0.2, 0) is 16.1 Å². The molecule has 1 fully saturated rings. The molecular formula is C14H18N4O2. The topological polar surface area (TPSA) is 73.4 Å². The SMILES string of the molecule is Nc1cccc2c1cnn2CCC(=O)N1CCOCC1. The van der Waals surface area contributed by atoms with Crippen LogP contribution in [-0.4, -0.2) is 46.9 Å². The summed E-state index contributed by atoms with van der Waals surface area (Å²) in [5, 5.41) is 5.25. The lowest BCUT2D eigenvalue weighted by Gasteiger charge is -2.26. The summed E-state index contributed by atoms with van der Waals surface area (Å²) in [5.74, 6) is 0.154. The summed E-state index contributed by atoms with van der Waals surface area (Å²) < 4.78 is 7.08.